The molecular formula is C12H10F3NOS. The third-order valence-corrected chi connectivity index (χ3v) is 3.67. The first-order valence-corrected chi connectivity index (χ1v) is 6.07. The molecule has 1 aromatic carbocycles. The minimum atomic E-state index is -4.42. The summed E-state index contributed by atoms with van der Waals surface area (Å²) in [7, 11) is 0. The van der Waals surface area contributed by atoms with Gasteiger partial charge < -0.3 is 5.73 Å². The molecule has 0 aliphatic carbocycles. The molecule has 0 aromatic heterocycles. The molecule has 2 N–H and O–H groups in total. The van der Waals surface area contributed by atoms with Crippen LogP contribution in [0.5, 0.6) is 0 Å². The molecule has 0 radical (unpaired) electrons. The predicted octanol–water partition coefficient (Wildman–Crippen LogP) is 3.04. The van der Waals surface area contributed by atoms with Gasteiger partial charge in [-0.05, 0) is 24.6 Å². The Morgan fingerprint density at radius 3 is 2.50 bits per heavy atom. The number of hydrogen-bond acceptors (Lipinski definition) is 3. The van der Waals surface area contributed by atoms with E-state index in [1.54, 1.807) is 6.92 Å². The topological polar surface area (TPSA) is 43.1 Å². The van der Waals surface area contributed by atoms with Gasteiger partial charge in [0.1, 0.15) is 0 Å². The highest BCUT2D eigenvalue weighted by Gasteiger charge is 2.34. The zero-order chi connectivity index (χ0) is 13.5. The van der Waals surface area contributed by atoms with E-state index in [1.807, 2.05) is 0 Å². The van der Waals surface area contributed by atoms with Crippen molar-refractivity contribution in [3.63, 3.8) is 0 Å². The van der Waals surface area contributed by atoms with Gasteiger partial charge in [0.2, 0.25) is 0 Å². The van der Waals surface area contributed by atoms with Crippen molar-refractivity contribution in [1.82, 2.24) is 0 Å². The molecule has 1 heterocycles. The van der Waals surface area contributed by atoms with Crippen molar-refractivity contribution in [3.8, 4) is 0 Å². The second kappa shape index (κ2) is 4.35. The second-order valence-electron chi connectivity index (χ2n) is 3.94. The maximum absolute atomic E-state index is 12.6. The Bertz CT molecular complexity index is 536. The first kappa shape index (κ1) is 13.0. The molecule has 0 spiro atoms. The summed E-state index contributed by atoms with van der Waals surface area (Å²) in [6.07, 6.45) is -4.42. The standard InChI is InChI=1S/C12H10F3NOS/c1-6-10(17)9(11(16)18-6)7-3-2-4-8(5-7)12(13,14)15/h2-6H,16H2,1H3. The van der Waals surface area contributed by atoms with Gasteiger partial charge in [-0.2, -0.15) is 13.2 Å². The molecule has 1 unspecified atom stereocenters. The molecule has 2 rings (SSSR count). The molecule has 0 saturated carbocycles. The Kier molecular flexibility index (Phi) is 3.14. The lowest BCUT2D eigenvalue weighted by molar-refractivity contribution is -0.137. The van der Waals surface area contributed by atoms with Gasteiger partial charge >= 0.3 is 6.18 Å². The molecule has 0 bridgehead atoms. The number of rotatable bonds is 1. The third kappa shape index (κ3) is 2.25. The summed E-state index contributed by atoms with van der Waals surface area (Å²) in [4.78, 5) is 11.8. The van der Waals surface area contributed by atoms with E-state index >= 15 is 0 Å². The van der Waals surface area contributed by atoms with Gasteiger partial charge in [0.05, 0.1) is 21.4 Å². The first-order chi connectivity index (χ1) is 8.30. The summed E-state index contributed by atoms with van der Waals surface area (Å²) in [5, 5.41) is -0.0543. The van der Waals surface area contributed by atoms with Gasteiger partial charge in [0.15, 0.2) is 5.78 Å². The minimum absolute atomic E-state index is 0.193. The highest BCUT2D eigenvalue weighted by Crippen LogP contribution is 2.38. The van der Waals surface area contributed by atoms with Gasteiger partial charge in [-0.25, -0.2) is 0 Å². The van der Waals surface area contributed by atoms with Crippen LogP contribution in [0.15, 0.2) is 29.3 Å². The van der Waals surface area contributed by atoms with E-state index in [-0.39, 0.29) is 27.2 Å². The second-order valence-corrected chi connectivity index (χ2v) is 5.32. The highest BCUT2D eigenvalue weighted by atomic mass is 32.2. The van der Waals surface area contributed by atoms with E-state index in [0.29, 0.717) is 0 Å². The molecule has 6 heteroatoms. The molecule has 1 atom stereocenters. The van der Waals surface area contributed by atoms with Crippen molar-refractivity contribution in [2.45, 2.75) is 18.3 Å². The number of alkyl halides is 3. The maximum atomic E-state index is 12.6. The summed E-state index contributed by atoms with van der Waals surface area (Å²) in [5.74, 6) is -0.225. The number of carbonyl (C=O) groups excluding carboxylic acids is 1. The number of hydrogen-bond donors (Lipinski definition) is 1. The van der Waals surface area contributed by atoms with Crippen molar-refractivity contribution in [3.05, 3.63) is 40.4 Å². The van der Waals surface area contributed by atoms with E-state index < -0.39 is 11.7 Å². The number of halogens is 3. The average Bonchev–Trinajstić information content (AvgIpc) is 2.52. The van der Waals surface area contributed by atoms with E-state index in [4.69, 9.17) is 5.73 Å². The van der Waals surface area contributed by atoms with Crippen LogP contribution >= 0.6 is 11.8 Å². The molecule has 0 saturated heterocycles. The monoisotopic (exact) mass is 273 g/mol. The van der Waals surface area contributed by atoms with Gasteiger partial charge in [0, 0.05) is 0 Å². The Balaban J connectivity index is 2.47. The number of Topliss-reactive ketones (excluding diaryl/α,β-unsaturated/α-hetero) is 1. The number of nitrogens with two attached hydrogens (primary N) is 1. The predicted molar refractivity (Wildman–Crippen MR) is 64.6 cm³/mol. The Morgan fingerprint density at radius 2 is 2.00 bits per heavy atom. The highest BCUT2D eigenvalue weighted by molar-refractivity contribution is 8.05. The van der Waals surface area contributed by atoms with Gasteiger partial charge in [-0.15, -0.1) is 0 Å². The van der Waals surface area contributed by atoms with Crippen molar-refractivity contribution in [2.75, 3.05) is 0 Å². The van der Waals surface area contributed by atoms with Crippen molar-refractivity contribution in [1.29, 1.82) is 0 Å². The number of ketones is 1. The molecule has 18 heavy (non-hydrogen) atoms. The van der Waals surface area contributed by atoms with Crippen molar-refractivity contribution >= 4 is 23.1 Å². The summed E-state index contributed by atoms with van der Waals surface area (Å²) in [5.41, 5.74) is 5.33. The summed E-state index contributed by atoms with van der Waals surface area (Å²) in [6, 6.07) is 4.67. The largest absolute Gasteiger partial charge is 0.416 e. The summed E-state index contributed by atoms with van der Waals surface area (Å²) in [6.45, 7) is 1.68. The van der Waals surface area contributed by atoms with Crippen LogP contribution in [0.3, 0.4) is 0 Å². The smallest absolute Gasteiger partial charge is 0.393 e. The van der Waals surface area contributed by atoms with Crippen LogP contribution in [0.25, 0.3) is 5.57 Å². The van der Waals surface area contributed by atoms with Crippen LogP contribution < -0.4 is 5.73 Å². The average molecular weight is 273 g/mol. The Hall–Kier alpha value is -1.43. The summed E-state index contributed by atoms with van der Waals surface area (Å²) < 4.78 is 37.8. The van der Waals surface area contributed by atoms with Crippen molar-refractivity contribution in [2.24, 2.45) is 5.73 Å². The van der Waals surface area contributed by atoms with Gasteiger partial charge in [-0.1, -0.05) is 23.9 Å². The fourth-order valence-electron chi connectivity index (χ4n) is 1.76. The van der Waals surface area contributed by atoms with Crippen LogP contribution in [-0.2, 0) is 11.0 Å². The fraction of sp³-hybridized carbons (Fsp3) is 0.250. The number of allylic oxidation sites excluding steroid dienone is 1. The molecule has 96 valence electrons. The molecule has 0 amide bonds. The van der Waals surface area contributed by atoms with Crippen LogP contribution in [0.2, 0.25) is 0 Å². The Morgan fingerprint density at radius 1 is 1.33 bits per heavy atom. The maximum Gasteiger partial charge on any atom is 0.416 e. The van der Waals surface area contributed by atoms with Gasteiger partial charge in [-0.3, -0.25) is 4.79 Å². The molecule has 1 aliphatic rings. The van der Waals surface area contributed by atoms with E-state index in [0.717, 1.165) is 12.1 Å². The van der Waals surface area contributed by atoms with E-state index in [1.165, 1.54) is 23.9 Å². The lowest BCUT2D eigenvalue weighted by atomic mass is 9.99. The molecular weight excluding hydrogens is 263 g/mol. The van der Waals surface area contributed by atoms with Crippen LogP contribution in [0.1, 0.15) is 18.1 Å². The SMILES string of the molecule is CC1SC(N)=C(c2cccc(C(F)(F)F)c2)C1=O. The molecule has 2 nitrogen and oxygen atoms in total. The third-order valence-electron chi connectivity index (χ3n) is 2.64. The first-order valence-electron chi connectivity index (χ1n) is 5.19. The molecule has 1 aromatic rings. The lowest BCUT2D eigenvalue weighted by Gasteiger charge is -2.09. The molecule has 0 fully saturated rings. The number of thioether (sulfide) groups is 1. The molecule has 1 aliphatic heterocycles. The minimum Gasteiger partial charge on any atom is -0.393 e. The number of carbonyl (C=O) groups is 1. The number of benzene rings is 1. The van der Waals surface area contributed by atoms with Crippen LogP contribution in [0, 0.1) is 0 Å². The van der Waals surface area contributed by atoms with Crippen LogP contribution in [0.4, 0.5) is 13.2 Å². The lowest BCUT2D eigenvalue weighted by Crippen LogP contribution is -2.10. The Labute approximate surface area is 106 Å². The van der Waals surface area contributed by atoms with Gasteiger partial charge in [0.25, 0.3) is 0 Å². The normalized spacial score (nSPS) is 20.7. The fourth-order valence-corrected chi connectivity index (χ4v) is 2.71. The van der Waals surface area contributed by atoms with Crippen molar-refractivity contribution < 1.29 is 18.0 Å². The zero-order valence-electron chi connectivity index (χ0n) is 9.41. The quantitative estimate of drug-likeness (QED) is 0.855. The van der Waals surface area contributed by atoms with E-state index in [9.17, 15) is 18.0 Å². The van der Waals surface area contributed by atoms with E-state index in [2.05, 4.69) is 0 Å². The van der Waals surface area contributed by atoms with Crippen LogP contribution in [-0.4, -0.2) is 11.0 Å². The zero-order valence-corrected chi connectivity index (χ0v) is 10.2. The summed E-state index contributed by atoms with van der Waals surface area (Å²) >= 11 is 1.17.